The number of carbonyl (C=O) groups excluding carboxylic acids is 1. The van der Waals surface area contributed by atoms with Gasteiger partial charge in [0.15, 0.2) is 0 Å². The first-order chi connectivity index (χ1) is 10.5. The molecule has 0 radical (unpaired) electrons. The fourth-order valence-corrected chi connectivity index (χ4v) is 1.73. The van der Waals surface area contributed by atoms with Crippen molar-refractivity contribution >= 4 is 11.9 Å². The van der Waals surface area contributed by atoms with Crippen molar-refractivity contribution in [1.82, 2.24) is 9.97 Å². The van der Waals surface area contributed by atoms with Crippen LogP contribution in [0.2, 0.25) is 0 Å². The number of hydrogen-bond acceptors (Lipinski definition) is 5. The predicted octanol–water partition coefficient (Wildman–Crippen LogP) is 2.65. The van der Waals surface area contributed by atoms with Crippen molar-refractivity contribution in [2.75, 3.05) is 6.61 Å². The Labute approximate surface area is 127 Å². The summed E-state index contributed by atoms with van der Waals surface area (Å²) in [7, 11) is 0. The molecule has 114 valence electrons. The number of carboxylic acid groups (broad SMARTS) is 1. The number of carboxylic acids is 1. The minimum atomic E-state index is -1.05. The average Bonchev–Trinajstić information content (AvgIpc) is 2.52. The van der Waals surface area contributed by atoms with E-state index in [0.29, 0.717) is 23.6 Å². The van der Waals surface area contributed by atoms with Crippen molar-refractivity contribution in [1.29, 1.82) is 0 Å². The van der Waals surface area contributed by atoms with Crippen molar-refractivity contribution in [2.24, 2.45) is 5.92 Å². The summed E-state index contributed by atoms with van der Waals surface area (Å²) >= 11 is 0. The molecule has 6 heteroatoms. The highest BCUT2D eigenvalue weighted by molar-refractivity contribution is 5.91. The van der Waals surface area contributed by atoms with Gasteiger partial charge in [0.1, 0.15) is 0 Å². The topological polar surface area (TPSA) is 89.4 Å². The first kappa shape index (κ1) is 15.6. The van der Waals surface area contributed by atoms with Gasteiger partial charge in [-0.1, -0.05) is 13.8 Å². The molecule has 0 aromatic carbocycles. The molecule has 2 heterocycles. The highest BCUT2D eigenvalue weighted by Gasteiger charge is 2.12. The second-order valence-corrected chi connectivity index (χ2v) is 5.16. The fourth-order valence-electron chi connectivity index (χ4n) is 1.73. The molecule has 0 unspecified atom stereocenters. The van der Waals surface area contributed by atoms with Crippen LogP contribution in [0.4, 0.5) is 0 Å². The molecule has 0 aliphatic carbocycles. The minimum absolute atomic E-state index is 0.111. The highest BCUT2D eigenvalue weighted by Crippen LogP contribution is 2.17. The van der Waals surface area contributed by atoms with Crippen LogP contribution in [0.3, 0.4) is 0 Å². The normalized spacial score (nSPS) is 10.5. The van der Waals surface area contributed by atoms with E-state index < -0.39 is 11.9 Å². The number of hydrogen-bond donors (Lipinski definition) is 1. The van der Waals surface area contributed by atoms with Crippen LogP contribution in [0.5, 0.6) is 0 Å². The standard InChI is InChI=1S/C16H16N2O4/c1-10(2)9-22-16(21)12-4-6-18-14(8-12)13-7-11(15(19)20)3-5-17-13/h3-8,10H,9H2,1-2H3,(H,19,20). The number of rotatable bonds is 5. The molecule has 6 nitrogen and oxygen atoms in total. The number of aromatic nitrogens is 2. The van der Waals surface area contributed by atoms with Crippen LogP contribution in [0.1, 0.15) is 34.6 Å². The van der Waals surface area contributed by atoms with Crippen LogP contribution in [0, 0.1) is 5.92 Å². The van der Waals surface area contributed by atoms with Crippen molar-refractivity contribution in [3.63, 3.8) is 0 Å². The van der Waals surface area contributed by atoms with Gasteiger partial charge in [-0.2, -0.15) is 0 Å². The molecule has 2 rings (SSSR count). The van der Waals surface area contributed by atoms with Crippen molar-refractivity contribution in [3.8, 4) is 11.4 Å². The van der Waals surface area contributed by atoms with Crippen LogP contribution in [-0.4, -0.2) is 33.6 Å². The monoisotopic (exact) mass is 300 g/mol. The summed E-state index contributed by atoms with van der Waals surface area (Å²) in [5.74, 6) is -1.23. The summed E-state index contributed by atoms with van der Waals surface area (Å²) in [6.45, 7) is 4.24. The summed E-state index contributed by atoms with van der Waals surface area (Å²) in [4.78, 5) is 31.1. The van der Waals surface area contributed by atoms with E-state index in [-0.39, 0.29) is 11.5 Å². The molecule has 0 bridgehead atoms. The van der Waals surface area contributed by atoms with E-state index >= 15 is 0 Å². The fraction of sp³-hybridized carbons (Fsp3) is 0.250. The van der Waals surface area contributed by atoms with Gasteiger partial charge < -0.3 is 9.84 Å². The maximum atomic E-state index is 11.9. The van der Waals surface area contributed by atoms with E-state index in [2.05, 4.69) is 9.97 Å². The largest absolute Gasteiger partial charge is 0.478 e. The Morgan fingerprint density at radius 2 is 1.64 bits per heavy atom. The lowest BCUT2D eigenvalue weighted by Crippen LogP contribution is -2.10. The molecule has 0 atom stereocenters. The van der Waals surface area contributed by atoms with Gasteiger partial charge >= 0.3 is 11.9 Å². The first-order valence-corrected chi connectivity index (χ1v) is 6.80. The number of ether oxygens (including phenoxy) is 1. The third kappa shape index (κ3) is 3.88. The maximum Gasteiger partial charge on any atom is 0.338 e. The second-order valence-electron chi connectivity index (χ2n) is 5.16. The molecule has 0 saturated heterocycles. The zero-order valence-corrected chi connectivity index (χ0v) is 12.3. The number of nitrogens with zero attached hydrogens (tertiary/aromatic N) is 2. The van der Waals surface area contributed by atoms with Gasteiger partial charge in [-0.15, -0.1) is 0 Å². The Morgan fingerprint density at radius 1 is 1.09 bits per heavy atom. The number of carbonyl (C=O) groups is 2. The van der Waals surface area contributed by atoms with E-state index in [1.165, 1.54) is 30.6 Å². The third-order valence-corrected chi connectivity index (χ3v) is 2.81. The molecule has 0 saturated carbocycles. The lowest BCUT2D eigenvalue weighted by atomic mass is 10.1. The molecule has 22 heavy (non-hydrogen) atoms. The lowest BCUT2D eigenvalue weighted by Gasteiger charge is -2.08. The summed E-state index contributed by atoms with van der Waals surface area (Å²) in [6, 6.07) is 5.89. The van der Waals surface area contributed by atoms with Crippen LogP contribution in [-0.2, 0) is 4.74 Å². The highest BCUT2D eigenvalue weighted by atomic mass is 16.5. The molecule has 0 aliphatic heterocycles. The number of aromatic carboxylic acids is 1. The second kappa shape index (κ2) is 6.80. The quantitative estimate of drug-likeness (QED) is 0.854. The van der Waals surface area contributed by atoms with Gasteiger partial charge in [0, 0.05) is 12.4 Å². The predicted molar refractivity (Wildman–Crippen MR) is 79.5 cm³/mol. The van der Waals surface area contributed by atoms with Gasteiger partial charge in [0.05, 0.1) is 29.1 Å². The number of esters is 1. The molecular weight excluding hydrogens is 284 g/mol. The third-order valence-electron chi connectivity index (χ3n) is 2.81. The smallest absolute Gasteiger partial charge is 0.338 e. The zero-order chi connectivity index (χ0) is 16.1. The Balaban J connectivity index is 2.26. The molecule has 0 fully saturated rings. The maximum absolute atomic E-state index is 11.9. The van der Waals surface area contributed by atoms with Crippen molar-refractivity contribution in [2.45, 2.75) is 13.8 Å². The molecule has 2 aromatic rings. The Bertz CT molecular complexity index is 698. The Morgan fingerprint density at radius 3 is 2.18 bits per heavy atom. The van der Waals surface area contributed by atoms with Crippen LogP contribution < -0.4 is 0 Å². The first-order valence-electron chi connectivity index (χ1n) is 6.80. The van der Waals surface area contributed by atoms with Crippen LogP contribution in [0.25, 0.3) is 11.4 Å². The van der Waals surface area contributed by atoms with E-state index in [1.54, 1.807) is 6.07 Å². The molecule has 1 N–H and O–H groups in total. The van der Waals surface area contributed by atoms with E-state index in [4.69, 9.17) is 9.84 Å². The summed E-state index contributed by atoms with van der Waals surface area (Å²) in [5.41, 5.74) is 1.27. The lowest BCUT2D eigenvalue weighted by molar-refractivity contribution is 0.0458. The summed E-state index contributed by atoms with van der Waals surface area (Å²) in [6.07, 6.45) is 2.86. The molecule has 0 amide bonds. The summed E-state index contributed by atoms with van der Waals surface area (Å²) in [5, 5.41) is 9.00. The van der Waals surface area contributed by atoms with E-state index in [9.17, 15) is 9.59 Å². The molecule has 2 aromatic heterocycles. The van der Waals surface area contributed by atoms with Gasteiger partial charge in [-0.3, -0.25) is 9.97 Å². The van der Waals surface area contributed by atoms with Crippen molar-refractivity contribution in [3.05, 3.63) is 47.8 Å². The average molecular weight is 300 g/mol. The van der Waals surface area contributed by atoms with Gasteiger partial charge in [-0.05, 0) is 30.2 Å². The molecular formula is C16H16N2O4. The number of pyridine rings is 2. The van der Waals surface area contributed by atoms with Crippen LogP contribution in [0.15, 0.2) is 36.7 Å². The zero-order valence-electron chi connectivity index (χ0n) is 12.3. The molecule has 0 aliphatic rings. The van der Waals surface area contributed by atoms with Gasteiger partial charge in [0.2, 0.25) is 0 Å². The minimum Gasteiger partial charge on any atom is -0.478 e. The van der Waals surface area contributed by atoms with E-state index in [0.717, 1.165) is 0 Å². The Hall–Kier alpha value is -2.76. The molecule has 0 spiro atoms. The van der Waals surface area contributed by atoms with Gasteiger partial charge in [-0.25, -0.2) is 9.59 Å². The van der Waals surface area contributed by atoms with E-state index in [1.807, 2.05) is 13.8 Å². The SMILES string of the molecule is CC(C)COC(=O)c1ccnc(-c2cc(C(=O)O)ccn2)c1. The summed E-state index contributed by atoms with van der Waals surface area (Å²) < 4.78 is 5.16. The van der Waals surface area contributed by atoms with Crippen LogP contribution >= 0.6 is 0 Å². The van der Waals surface area contributed by atoms with Gasteiger partial charge in [0.25, 0.3) is 0 Å². The Kier molecular flexibility index (Phi) is 4.83. The van der Waals surface area contributed by atoms with Crippen molar-refractivity contribution < 1.29 is 19.4 Å².